The first kappa shape index (κ1) is 24.4. The molecule has 8 nitrogen and oxygen atoms in total. The third-order valence-corrected chi connectivity index (χ3v) is 7.05. The first-order valence-electron chi connectivity index (χ1n) is 12.9. The molecule has 3 aromatic carbocycles. The molecule has 0 atom stereocenters. The van der Waals surface area contributed by atoms with E-state index in [1.807, 2.05) is 71.6 Å². The van der Waals surface area contributed by atoms with Gasteiger partial charge in [0.15, 0.2) is 0 Å². The Kier molecular flexibility index (Phi) is 6.74. The molecule has 194 valence electrons. The maximum atomic E-state index is 13.1. The minimum absolute atomic E-state index is 0.0316. The van der Waals surface area contributed by atoms with Gasteiger partial charge in [-0.05, 0) is 72.9 Å². The topological polar surface area (TPSA) is 93.3 Å². The summed E-state index contributed by atoms with van der Waals surface area (Å²) in [6.07, 6.45) is 8.01. The van der Waals surface area contributed by atoms with E-state index in [9.17, 15) is 9.59 Å². The Hall–Kier alpha value is -4.98. The van der Waals surface area contributed by atoms with Gasteiger partial charge in [0.2, 0.25) is 5.91 Å². The normalized spacial score (nSPS) is 14.2. The van der Waals surface area contributed by atoms with Crippen LogP contribution < -0.4 is 5.32 Å². The van der Waals surface area contributed by atoms with Gasteiger partial charge in [0.25, 0.3) is 5.91 Å². The van der Waals surface area contributed by atoms with Gasteiger partial charge in [-0.25, -0.2) is 9.67 Å². The molecule has 0 radical (unpaired) electrons. The molecule has 2 amide bonds. The highest BCUT2D eigenvalue weighted by atomic mass is 16.3. The average Bonchev–Trinajstić information content (AvgIpc) is 3.67. The predicted molar refractivity (Wildman–Crippen MR) is 150 cm³/mol. The van der Waals surface area contributed by atoms with Crippen molar-refractivity contribution in [2.75, 3.05) is 18.4 Å². The predicted octanol–water partition coefficient (Wildman–Crippen LogP) is 5.69. The fourth-order valence-corrected chi connectivity index (χ4v) is 4.99. The van der Waals surface area contributed by atoms with E-state index >= 15 is 0 Å². The third kappa shape index (κ3) is 5.50. The van der Waals surface area contributed by atoms with Crippen molar-refractivity contribution in [1.29, 1.82) is 0 Å². The standard InChI is InChI=1S/C31H27N5O3/c37-30(13-12-28-19-24-4-1-2-7-29(24)39-28)34-26-10-8-22(9-11-26)23-14-16-35(17-15-23)31(38)25-5-3-6-27(18-25)36-21-32-20-33-36/h1-13,18-21,23H,14-17H2,(H,34,37)/b13-12+. The summed E-state index contributed by atoms with van der Waals surface area (Å²) in [4.78, 5) is 31.4. The summed E-state index contributed by atoms with van der Waals surface area (Å²) >= 11 is 0. The molecular formula is C31H27N5O3. The quantitative estimate of drug-likeness (QED) is 0.292. The van der Waals surface area contributed by atoms with Crippen LogP contribution in [0.1, 0.15) is 40.4 Å². The SMILES string of the molecule is O=C(/C=C/c1cc2ccccc2o1)Nc1ccc(C2CCN(C(=O)c3cccc(-n4cncn4)c3)CC2)cc1. The van der Waals surface area contributed by atoms with Crippen LogP contribution in [0.15, 0.2) is 102 Å². The van der Waals surface area contributed by atoms with Crippen molar-refractivity contribution < 1.29 is 14.0 Å². The minimum Gasteiger partial charge on any atom is -0.457 e. The number of hydrogen-bond acceptors (Lipinski definition) is 5. The smallest absolute Gasteiger partial charge is 0.253 e. The van der Waals surface area contributed by atoms with Crippen LogP contribution in [0, 0.1) is 0 Å². The van der Waals surface area contributed by atoms with E-state index in [1.165, 1.54) is 18.0 Å². The first-order valence-corrected chi connectivity index (χ1v) is 12.9. The second-order valence-corrected chi connectivity index (χ2v) is 9.59. The van der Waals surface area contributed by atoms with E-state index in [0.29, 0.717) is 30.3 Å². The molecule has 1 aliphatic heterocycles. The zero-order valence-corrected chi connectivity index (χ0v) is 21.2. The molecule has 8 heteroatoms. The van der Waals surface area contributed by atoms with Gasteiger partial charge >= 0.3 is 0 Å². The first-order chi connectivity index (χ1) is 19.1. The Labute approximate surface area is 225 Å². The average molecular weight is 518 g/mol. The third-order valence-electron chi connectivity index (χ3n) is 7.05. The van der Waals surface area contributed by atoms with Crippen LogP contribution in [-0.2, 0) is 4.79 Å². The highest BCUT2D eigenvalue weighted by Crippen LogP contribution is 2.30. The maximum Gasteiger partial charge on any atom is 0.253 e. The van der Waals surface area contributed by atoms with Gasteiger partial charge < -0.3 is 14.6 Å². The van der Waals surface area contributed by atoms with Crippen LogP contribution in [0.5, 0.6) is 0 Å². The van der Waals surface area contributed by atoms with Crippen LogP contribution in [0.25, 0.3) is 22.7 Å². The number of amides is 2. The summed E-state index contributed by atoms with van der Waals surface area (Å²) in [5.41, 5.74) is 4.20. The Morgan fingerprint density at radius 2 is 1.77 bits per heavy atom. The zero-order chi connectivity index (χ0) is 26.6. The number of carbonyl (C=O) groups is 2. The number of hydrogen-bond donors (Lipinski definition) is 1. The lowest BCUT2D eigenvalue weighted by atomic mass is 9.89. The molecule has 0 bridgehead atoms. The number of fused-ring (bicyclic) bond motifs is 1. The summed E-state index contributed by atoms with van der Waals surface area (Å²) < 4.78 is 7.37. The summed E-state index contributed by atoms with van der Waals surface area (Å²) in [5.74, 6) is 0.815. The number of para-hydroxylation sites is 1. The number of carbonyl (C=O) groups excluding carboxylic acids is 2. The molecule has 1 N–H and O–H groups in total. The molecule has 0 aliphatic carbocycles. The molecule has 6 rings (SSSR count). The molecule has 0 spiro atoms. The van der Waals surface area contributed by atoms with Crippen LogP contribution in [-0.4, -0.2) is 44.6 Å². The van der Waals surface area contributed by atoms with Crippen LogP contribution in [0.4, 0.5) is 5.69 Å². The van der Waals surface area contributed by atoms with Crippen molar-refractivity contribution in [1.82, 2.24) is 19.7 Å². The molecule has 2 aromatic heterocycles. The minimum atomic E-state index is -0.220. The monoisotopic (exact) mass is 517 g/mol. The summed E-state index contributed by atoms with van der Waals surface area (Å²) in [7, 11) is 0. The van der Waals surface area contributed by atoms with E-state index in [0.717, 1.165) is 35.2 Å². The molecule has 3 heterocycles. The Bertz CT molecular complexity index is 1600. The van der Waals surface area contributed by atoms with E-state index in [2.05, 4.69) is 27.5 Å². The van der Waals surface area contributed by atoms with Gasteiger partial charge in [-0.3, -0.25) is 9.59 Å². The van der Waals surface area contributed by atoms with Gasteiger partial charge in [0, 0.05) is 35.8 Å². The van der Waals surface area contributed by atoms with Crippen molar-refractivity contribution in [2.24, 2.45) is 0 Å². The molecular weight excluding hydrogens is 490 g/mol. The van der Waals surface area contributed by atoms with Crippen LogP contribution in [0.2, 0.25) is 0 Å². The van der Waals surface area contributed by atoms with Crippen LogP contribution in [0.3, 0.4) is 0 Å². The van der Waals surface area contributed by atoms with Crippen molar-refractivity contribution in [3.63, 3.8) is 0 Å². The maximum absolute atomic E-state index is 13.1. The Morgan fingerprint density at radius 1 is 0.949 bits per heavy atom. The van der Waals surface area contributed by atoms with Crippen molar-refractivity contribution in [3.05, 3.63) is 114 Å². The van der Waals surface area contributed by atoms with E-state index < -0.39 is 0 Å². The fourth-order valence-electron chi connectivity index (χ4n) is 4.99. The number of aromatic nitrogens is 3. The molecule has 1 aliphatic rings. The lowest BCUT2D eigenvalue weighted by Crippen LogP contribution is -2.37. The highest BCUT2D eigenvalue weighted by Gasteiger charge is 2.25. The largest absolute Gasteiger partial charge is 0.457 e. The summed E-state index contributed by atoms with van der Waals surface area (Å²) in [5, 5.41) is 8.05. The number of benzene rings is 3. The van der Waals surface area contributed by atoms with Crippen molar-refractivity contribution in [2.45, 2.75) is 18.8 Å². The summed E-state index contributed by atoms with van der Waals surface area (Å²) in [6, 6.07) is 25.1. The molecule has 39 heavy (non-hydrogen) atoms. The fraction of sp³-hybridized carbons (Fsp3) is 0.161. The zero-order valence-electron chi connectivity index (χ0n) is 21.2. The second-order valence-electron chi connectivity index (χ2n) is 9.59. The van der Waals surface area contributed by atoms with Gasteiger partial charge in [-0.2, -0.15) is 5.10 Å². The molecule has 0 unspecified atom stereocenters. The lowest BCUT2D eigenvalue weighted by Gasteiger charge is -2.32. The van der Waals surface area contributed by atoms with Gasteiger partial charge in [-0.1, -0.05) is 36.4 Å². The van der Waals surface area contributed by atoms with Gasteiger partial charge in [0.05, 0.1) is 5.69 Å². The van der Waals surface area contributed by atoms with Gasteiger partial charge in [0.1, 0.15) is 24.0 Å². The lowest BCUT2D eigenvalue weighted by molar-refractivity contribution is -0.111. The number of nitrogens with zero attached hydrogens (tertiary/aromatic N) is 4. The van der Waals surface area contributed by atoms with E-state index in [1.54, 1.807) is 17.1 Å². The number of rotatable bonds is 6. The van der Waals surface area contributed by atoms with Crippen LogP contribution >= 0.6 is 0 Å². The van der Waals surface area contributed by atoms with E-state index in [-0.39, 0.29) is 11.8 Å². The molecule has 0 saturated carbocycles. The molecule has 1 saturated heterocycles. The van der Waals surface area contributed by atoms with Crippen molar-refractivity contribution in [3.8, 4) is 5.69 Å². The second kappa shape index (κ2) is 10.8. The molecule has 1 fully saturated rings. The number of likely N-dealkylation sites (tertiary alicyclic amines) is 1. The van der Waals surface area contributed by atoms with Gasteiger partial charge in [-0.15, -0.1) is 0 Å². The Balaban J connectivity index is 1.02. The number of piperidine rings is 1. The Morgan fingerprint density at radius 3 is 2.54 bits per heavy atom. The number of anilines is 1. The van der Waals surface area contributed by atoms with Crippen molar-refractivity contribution >= 4 is 34.5 Å². The number of furan rings is 1. The summed E-state index contributed by atoms with van der Waals surface area (Å²) in [6.45, 7) is 1.39. The number of nitrogens with one attached hydrogen (secondary N) is 1. The highest BCUT2D eigenvalue weighted by molar-refractivity contribution is 6.02. The molecule has 5 aromatic rings. The van der Waals surface area contributed by atoms with E-state index in [4.69, 9.17) is 4.42 Å².